The molecule has 2 aromatic carbocycles. The number of sulfonamides is 1. The second kappa shape index (κ2) is 7.03. The maximum atomic E-state index is 12.8. The van der Waals surface area contributed by atoms with Crippen molar-refractivity contribution in [2.24, 2.45) is 0 Å². The number of aromatic nitrogens is 1. The first-order valence-electron chi connectivity index (χ1n) is 8.71. The van der Waals surface area contributed by atoms with Crippen molar-refractivity contribution in [3.63, 3.8) is 0 Å². The number of para-hydroxylation sites is 1. The molecule has 0 spiro atoms. The van der Waals surface area contributed by atoms with E-state index in [1.165, 1.54) is 22.8 Å². The number of anilines is 1. The van der Waals surface area contributed by atoms with Crippen molar-refractivity contribution < 1.29 is 8.42 Å². The number of nitrogens with one attached hydrogen (secondary N) is 1. The molecule has 0 amide bonds. The van der Waals surface area contributed by atoms with Gasteiger partial charge in [0.25, 0.3) is 0 Å². The summed E-state index contributed by atoms with van der Waals surface area (Å²) in [5.74, 6) is 0. The Hall–Kier alpha value is -1.88. The third-order valence-corrected chi connectivity index (χ3v) is 8.07. The molecule has 0 unspecified atom stereocenters. The van der Waals surface area contributed by atoms with E-state index in [-0.39, 0.29) is 19.6 Å². The van der Waals surface area contributed by atoms with Crippen LogP contribution in [0.25, 0.3) is 11.3 Å². The summed E-state index contributed by atoms with van der Waals surface area (Å²) in [5.41, 5.74) is 4.85. The fourth-order valence-corrected chi connectivity index (χ4v) is 6.38. The Morgan fingerprint density at radius 3 is 2.54 bits per heavy atom. The predicted molar refractivity (Wildman–Crippen MR) is 105 cm³/mol. The Morgan fingerprint density at radius 2 is 1.73 bits per heavy atom. The first kappa shape index (κ1) is 17.5. The molecular formula is C20H20N2O2SSe. The van der Waals surface area contributed by atoms with E-state index in [9.17, 15) is 8.42 Å². The average molecular weight is 431 g/mol. The molecule has 0 bridgehead atoms. The van der Waals surface area contributed by atoms with Gasteiger partial charge in [-0.05, 0) is 0 Å². The minimum absolute atomic E-state index is 0.161. The van der Waals surface area contributed by atoms with Gasteiger partial charge in [0.1, 0.15) is 0 Å². The van der Waals surface area contributed by atoms with Gasteiger partial charge in [-0.2, -0.15) is 0 Å². The fourth-order valence-electron chi connectivity index (χ4n) is 3.30. The zero-order valence-electron chi connectivity index (χ0n) is 14.5. The van der Waals surface area contributed by atoms with Gasteiger partial charge in [0.2, 0.25) is 0 Å². The van der Waals surface area contributed by atoms with Gasteiger partial charge in [0, 0.05) is 0 Å². The molecule has 0 atom stereocenters. The second-order valence-corrected chi connectivity index (χ2v) is 10.1. The van der Waals surface area contributed by atoms with E-state index in [2.05, 4.69) is 4.72 Å². The van der Waals surface area contributed by atoms with Crippen LogP contribution in [-0.2, 0) is 22.9 Å². The molecular weight excluding hydrogens is 411 g/mol. The maximum absolute atomic E-state index is 12.8. The van der Waals surface area contributed by atoms with Crippen molar-refractivity contribution in [2.75, 3.05) is 4.72 Å². The number of aryl methyl sites for hydroxylation is 2. The van der Waals surface area contributed by atoms with Crippen LogP contribution in [0.5, 0.6) is 0 Å². The molecule has 0 saturated carbocycles. The minimum atomic E-state index is -3.63. The molecule has 6 heteroatoms. The van der Waals surface area contributed by atoms with Crippen molar-refractivity contribution in [1.82, 2.24) is 3.98 Å². The van der Waals surface area contributed by atoms with Gasteiger partial charge in [-0.15, -0.1) is 0 Å². The van der Waals surface area contributed by atoms with Crippen LogP contribution in [-0.4, -0.2) is 27.1 Å². The monoisotopic (exact) mass is 432 g/mol. The second-order valence-electron chi connectivity index (χ2n) is 6.60. The van der Waals surface area contributed by atoms with Gasteiger partial charge >= 0.3 is 160 Å². The summed E-state index contributed by atoms with van der Waals surface area (Å²) in [6.45, 7) is 1.94. The molecule has 134 valence electrons. The molecule has 1 aromatic heterocycles. The first-order chi connectivity index (χ1) is 12.5. The predicted octanol–water partition coefficient (Wildman–Crippen LogP) is 3.79. The quantitative estimate of drug-likeness (QED) is 0.640. The van der Waals surface area contributed by atoms with Gasteiger partial charge in [0.05, 0.1) is 0 Å². The van der Waals surface area contributed by atoms with Crippen molar-refractivity contribution in [1.29, 1.82) is 0 Å². The molecule has 1 N–H and O–H groups in total. The number of fused-ring (bicyclic) bond motifs is 1. The Kier molecular flexibility index (Phi) is 4.74. The molecule has 1 aliphatic carbocycles. The van der Waals surface area contributed by atoms with E-state index in [4.69, 9.17) is 3.98 Å². The summed E-state index contributed by atoms with van der Waals surface area (Å²) >= 11 is 0.161. The van der Waals surface area contributed by atoms with E-state index in [1.807, 2.05) is 43.3 Å². The van der Waals surface area contributed by atoms with Crippen molar-refractivity contribution in [2.45, 2.75) is 37.5 Å². The van der Waals surface area contributed by atoms with Crippen LogP contribution in [0.2, 0.25) is 0 Å². The normalized spacial score (nSPS) is 14.0. The summed E-state index contributed by atoms with van der Waals surface area (Å²) in [5, 5.41) is 0. The molecule has 4 nitrogen and oxygen atoms in total. The van der Waals surface area contributed by atoms with E-state index in [0.29, 0.717) is 5.69 Å². The van der Waals surface area contributed by atoms with Crippen LogP contribution in [0.15, 0.2) is 53.4 Å². The number of benzene rings is 2. The Bertz CT molecular complexity index is 1040. The third-order valence-electron chi connectivity index (χ3n) is 4.71. The van der Waals surface area contributed by atoms with Gasteiger partial charge < -0.3 is 0 Å². The topological polar surface area (TPSA) is 59.1 Å². The molecule has 0 saturated heterocycles. The Labute approximate surface area is 160 Å². The van der Waals surface area contributed by atoms with Crippen molar-refractivity contribution >= 4 is 30.4 Å². The Balaban J connectivity index is 1.73. The van der Waals surface area contributed by atoms with Gasteiger partial charge in [-0.1, -0.05) is 0 Å². The summed E-state index contributed by atoms with van der Waals surface area (Å²) in [6, 6.07) is 14.5. The van der Waals surface area contributed by atoms with E-state index >= 15 is 0 Å². The summed E-state index contributed by atoms with van der Waals surface area (Å²) in [6.07, 6.45) is 4.62. The molecule has 4 rings (SSSR count). The SMILES string of the molecule is Cc1ccc(S(=O)(=O)Nc2ccccc2-c2n[se]c3c2CCCC3)cc1. The zero-order valence-corrected chi connectivity index (χ0v) is 17.1. The standard InChI is InChI=1S/C20H20N2O2SSe/c1-14-10-12-15(13-11-14)25(23,24)21-18-8-4-2-6-16(18)20-17-7-3-5-9-19(17)26-22-20/h2,4,6,8,10-13,21H,3,5,7,9H2,1H3. The van der Waals surface area contributed by atoms with E-state index in [1.54, 1.807) is 12.1 Å². The van der Waals surface area contributed by atoms with E-state index in [0.717, 1.165) is 29.7 Å². The van der Waals surface area contributed by atoms with E-state index < -0.39 is 10.0 Å². The fraction of sp³-hybridized carbons (Fsp3) is 0.250. The summed E-state index contributed by atoms with van der Waals surface area (Å²) < 4.78 is 34.7. The van der Waals surface area contributed by atoms with Gasteiger partial charge in [-0.3, -0.25) is 0 Å². The molecule has 0 aliphatic heterocycles. The van der Waals surface area contributed by atoms with Gasteiger partial charge in [-0.25, -0.2) is 0 Å². The third kappa shape index (κ3) is 3.37. The number of hydrogen-bond acceptors (Lipinski definition) is 3. The molecule has 0 fully saturated rings. The molecule has 3 aromatic rings. The average Bonchev–Trinajstić information content (AvgIpc) is 3.06. The van der Waals surface area contributed by atoms with Crippen molar-refractivity contribution in [3.05, 3.63) is 64.1 Å². The molecule has 26 heavy (non-hydrogen) atoms. The molecule has 1 heterocycles. The van der Waals surface area contributed by atoms with Crippen LogP contribution in [0, 0.1) is 6.92 Å². The Morgan fingerprint density at radius 1 is 1.00 bits per heavy atom. The number of rotatable bonds is 4. The number of hydrogen-bond donors (Lipinski definition) is 1. The molecule has 0 radical (unpaired) electrons. The molecule has 1 aliphatic rings. The zero-order chi connectivity index (χ0) is 18.1. The summed E-state index contributed by atoms with van der Waals surface area (Å²) in [7, 11) is -3.63. The van der Waals surface area contributed by atoms with Crippen LogP contribution in [0.1, 0.15) is 28.4 Å². The van der Waals surface area contributed by atoms with Crippen LogP contribution < -0.4 is 4.72 Å². The van der Waals surface area contributed by atoms with Crippen LogP contribution >= 0.6 is 0 Å². The first-order valence-corrected chi connectivity index (χ1v) is 11.8. The van der Waals surface area contributed by atoms with Gasteiger partial charge in [0.15, 0.2) is 0 Å². The number of nitrogens with zero attached hydrogens (tertiary/aromatic N) is 1. The van der Waals surface area contributed by atoms with Crippen LogP contribution in [0.4, 0.5) is 5.69 Å². The summed E-state index contributed by atoms with van der Waals surface area (Å²) in [4.78, 5) is 0.271. The van der Waals surface area contributed by atoms with Crippen molar-refractivity contribution in [3.8, 4) is 11.3 Å². The van der Waals surface area contributed by atoms with Crippen LogP contribution in [0.3, 0.4) is 0 Å².